The van der Waals surface area contributed by atoms with Crippen LogP contribution in [0.3, 0.4) is 0 Å². The fourth-order valence-electron chi connectivity index (χ4n) is 4.52. The van der Waals surface area contributed by atoms with Crippen LogP contribution in [0, 0.1) is 18.3 Å². The van der Waals surface area contributed by atoms with Gasteiger partial charge in [-0.3, -0.25) is 4.90 Å². The number of nitriles is 1. The Balaban J connectivity index is 1.27. The van der Waals surface area contributed by atoms with Gasteiger partial charge in [0.2, 0.25) is 0 Å². The van der Waals surface area contributed by atoms with E-state index in [2.05, 4.69) is 56.9 Å². The van der Waals surface area contributed by atoms with E-state index in [0.29, 0.717) is 17.3 Å². The first-order valence-electron chi connectivity index (χ1n) is 12.0. The highest BCUT2D eigenvalue weighted by molar-refractivity contribution is 7.18. The minimum atomic E-state index is -0.614. The zero-order valence-electron chi connectivity index (χ0n) is 20.6. The topological polar surface area (TPSA) is 97.0 Å². The van der Waals surface area contributed by atoms with Gasteiger partial charge in [0.1, 0.15) is 27.9 Å². The third-order valence-electron chi connectivity index (χ3n) is 6.00. The van der Waals surface area contributed by atoms with Crippen molar-refractivity contribution in [3.05, 3.63) is 76.2 Å². The number of pyridine rings is 1. The number of ether oxygens (including phenoxy) is 2. The molecule has 0 amide bonds. The smallest absolute Gasteiger partial charge is 0.316 e. The van der Waals surface area contributed by atoms with Crippen LogP contribution >= 0.6 is 11.3 Å². The largest absolute Gasteiger partial charge is 0.459 e. The van der Waals surface area contributed by atoms with Crippen molar-refractivity contribution < 1.29 is 9.47 Å². The second-order valence-electron chi connectivity index (χ2n) is 9.22. The number of hydrogen-bond acceptors (Lipinski definition) is 9. The van der Waals surface area contributed by atoms with E-state index in [1.165, 1.54) is 16.9 Å². The van der Waals surface area contributed by atoms with E-state index in [-0.39, 0.29) is 18.2 Å². The van der Waals surface area contributed by atoms with E-state index in [0.717, 1.165) is 41.2 Å². The summed E-state index contributed by atoms with van der Waals surface area (Å²) >= 11 is 1.41. The number of hydrogen-bond donors (Lipinski definition) is 0. The van der Waals surface area contributed by atoms with Gasteiger partial charge in [-0.1, -0.05) is 35.6 Å². The van der Waals surface area contributed by atoms with Crippen LogP contribution in [-0.4, -0.2) is 50.1 Å². The van der Waals surface area contributed by atoms with Gasteiger partial charge < -0.3 is 9.47 Å². The summed E-state index contributed by atoms with van der Waals surface area (Å²) in [6.07, 6.45) is 2.10. The number of morpholine rings is 1. The Morgan fingerprint density at radius 3 is 2.72 bits per heavy atom. The van der Waals surface area contributed by atoms with Crippen LogP contribution in [0.15, 0.2) is 48.7 Å². The van der Waals surface area contributed by atoms with Gasteiger partial charge in [-0.2, -0.15) is 10.2 Å². The highest BCUT2D eigenvalue weighted by Crippen LogP contribution is 2.30. The quantitative estimate of drug-likeness (QED) is 0.362. The maximum Gasteiger partial charge on any atom is 0.316 e. The number of benzene rings is 1. The summed E-state index contributed by atoms with van der Waals surface area (Å²) in [5.41, 5.74) is 4.54. The Morgan fingerprint density at radius 2 is 1.92 bits per heavy atom. The standard InChI is InChI=1S/C27H28N6O2S/c1-17-7-8-24-26(30-17)36-25(31-24)22(12-28)23-9-10-29-27(32-23)34-16-21-6-4-5-20(11-21)15-33-13-18(2)35-19(3)14-33/h4-11,18-19,22H,13-16H2,1-3H3. The minimum absolute atomic E-state index is 0.240. The molecule has 5 rings (SSSR count). The molecule has 3 unspecified atom stereocenters. The lowest BCUT2D eigenvalue weighted by Gasteiger charge is -2.35. The second kappa shape index (κ2) is 10.7. The first-order chi connectivity index (χ1) is 17.5. The predicted molar refractivity (Wildman–Crippen MR) is 138 cm³/mol. The highest BCUT2D eigenvalue weighted by atomic mass is 32.1. The van der Waals surface area contributed by atoms with Gasteiger partial charge in [0.25, 0.3) is 0 Å². The van der Waals surface area contributed by atoms with Crippen LogP contribution in [0.2, 0.25) is 0 Å². The molecule has 8 nitrogen and oxygen atoms in total. The average Bonchev–Trinajstić information content (AvgIpc) is 3.26. The summed E-state index contributed by atoms with van der Waals surface area (Å²) < 4.78 is 11.8. The molecule has 36 heavy (non-hydrogen) atoms. The van der Waals surface area contributed by atoms with Crippen LogP contribution in [-0.2, 0) is 17.9 Å². The summed E-state index contributed by atoms with van der Waals surface area (Å²) in [6.45, 7) is 9.24. The van der Waals surface area contributed by atoms with E-state index in [1.54, 1.807) is 12.3 Å². The van der Waals surface area contributed by atoms with Crippen molar-refractivity contribution in [3.8, 4) is 12.1 Å². The maximum absolute atomic E-state index is 9.89. The monoisotopic (exact) mass is 500 g/mol. The van der Waals surface area contributed by atoms with Crippen molar-refractivity contribution in [1.82, 2.24) is 24.8 Å². The summed E-state index contributed by atoms with van der Waals surface area (Å²) in [4.78, 5) is 21.2. The van der Waals surface area contributed by atoms with E-state index in [4.69, 9.17) is 9.47 Å². The highest BCUT2D eigenvalue weighted by Gasteiger charge is 2.23. The predicted octanol–water partition coefficient (Wildman–Crippen LogP) is 4.63. The molecule has 184 valence electrons. The van der Waals surface area contributed by atoms with Crippen LogP contribution < -0.4 is 4.74 Å². The van der Waals surface area contributed by atoms with Gasteiger partial charge in [-0.25, -0.2) is 15.0 Å². The van der Waals surface area contributed by atoms with Gasteiger partial charge in [0.15, 0.2) is 0 Å². The Bertz CT molecular complexity index is 1390. The van der Waals surface area contributed by atoms with Gasteiger partial charge >= 0.3 is 6.01 Å². The molecule has 0 aliphatic carbocycles. The lowest BCUT2D eigenvalue weighted by atomic mass is 10.1. The summed E-state index contributed by atoms with van der Waals surface area (Å²) in [5.74, 6) is -0.614. The van der Waals surface area contributed by atoms with E-state index in [1.807, 2.05) is 31.2 Å². The van der Waals surface area contributed by atoms with E-state index < -0.39 is 5.92 Å². The van der Waals surface area contributed by atoms with Crippen molar-refractivity contribution in [1.29, 1.82) is 5.26 Å². The maximum atomic E-state index is 9.89. The fourth-order valence-corrected chi connectivity index (χ4v) is 5.56. The molecule has 0 N–H and O–H groups in total. The average molecular weight is 501 g/mol. The number of rotatable bonds is 7. The Hall–Kier alpha value is -3.45. The molecule has 1 aliphatic heterocycles. The molecule has 0 saturated carbocycles. The molecular weight excluding hydrogens is 472 g/mol. The molecule has 1 fully saturated rings. The third kappa shape index (κ3) is 5.68. The summed E-state index contributed by atoms with van der Waals surface area (Å²) in [6, 6.07) is 16.5. The molecule has 1 saturated heterocycles. The Labute approximate surface area is 214 Å². The third-order valence-corrected chi connectivity index (χ3v) is 7.03. The van der Waals surface area contributed by atoms with Crippen molar-refractivity contribution in [2.45, 2.75) is 52.0 Å². The molecule has 9 heteroatoms. The van der Waals surface area contributed by atoms with Crippen molar-refractivity contribution in [2.24, 2.45) is 0 Å². The van der Waals surface area contributed by atoms with Gasteiger partial charge in [0, 0.05) is 31.5 Å². The first-order valence-corrected chi connectivity index (χ1v) is 12.8. The Morgan fingerprint density at radius 1 is 1.11 bits per heavy atom. The molecule has 3 atom stereocenters. The van der Waals surface area contributed by atoms with Crippen LogP contribution in [0.4, 0.5) is 0 Å². The number of aromatic nitrogens is 4. The fraction of sp³-hybridized carbons (Fsp3) is 0.370. The number of aryl methyl sites for hydroxylation is 1. The zero-order valence-corrected chi connectivity index (χ0v) is 21.4. The lowest BCUT2D eigenvalue weighted by molar-refractivity contribution is -0.0704. The van der Waals surface area contributed by atoms with Gasteiger partial charge in [-0.05, 0) is 50.1 Å². The molecule has 0 bridgehead atoms. The SMILES string of the molecule is Cc1ccc2nc(C(C#N)c3ccnc(OCc4cccc(CN5CC(C)OC(C)C5)c4)n3)sc2n1. The molecule has 3 aromatic heterocycles. The number of nitrogens with zero attached hydrogens (tertiary/aromatic N) is 6. The van der Waals surface area contributed by atoms with Crippen molar-refractivity contribution in [3.63, 3.8) is 0 Å². The van der Waals surface area contributed by atoms with Crippen molar-refractivity contribution in [2.75, 3.05) is 13.1 Å². The Kier molecular flexibility index (Phi) is 7.18. The van der Waals surface area contributed by atoms with Gasteiger partial charge in [0.05, 0.1) is 24.0 Å². The number of thiazole rings is 1. The number of fused-ring (bicyclic) bond motifs is 1. The van der Waals surface area contributed by atoms with E-state index >= 15 is 0 Å². The normalized spacial score (nSPS) is 19.2. The molecule has 0 spiro atoms. The zero-order chi connectivity index (χ0) is 25.1. The second-order valence-corrected chi connectivity index (χ2v) is 10.2. The molecule has 4 aromatic rings. The molecular formula is C27H28N6O2S. The molecule has 4 heterocycles. The lowest BCUT2D eigenvalue weighted by Crippen LogP contribution is -2.44. The first kappa shape index (κ1) is 24.3. The van der Waals surface area contributed by atoms with Crippen LogP contribution in [0.1, 0.15) is 47.3 Å². The van der Waals surface area contributed by atoms with Crippen LogP contribution in [0.25, 0.3) is 10.3 Å². The van der Waals surface area contributed by atoms with Crippen molar-refractivity contribution >= 4 is 21.7 Å². The molecule has 1 aromatic carbocycles. The summed E-state index contributed by atoms with van der Waals surface area (Å²) in [7, 11) is 0. The summed E-state index contributed by atoms with van der Waals surface area (Å²) in [5, 5.41) is 10.6. The van der Waals surface area contributed by atoms with E-state index in [9.17, 15) is 5.26 Å². The van der Waals surface area contributed by atoms with Gasteiger partial charge in [-0.15, -0.1) is 0 Å². The molecule has 1 aliphatic rings. The minimum Gasteiger partial charge on any atom is -0.459 e. The molecule has 0 radical (unpaired) electrons. The van der Waals surface area contributed by atoms with Crippen LogP contribution in [0.5, 0.6) is 6.01 Å².